The largest absolute Gasteiger partial charge is 0.460 e. The summed E-state index contributed by atoms with van der Waals surface area (Å²) in [7, 11) is 0. The maximum Gasteiger partial charge on any atom is 0.333 e. The molecule has 2 fully saturated rings. The van der Waals surface area contributed by atoms with Gasteiger partial charge in [0.05, 0.1) is 0 Å². The molecule has 0 aromatic heterocycles. The Morgan fingerprint density at radius 1 is 1.40 bits per heavy atom. The van der Waals surface area contributed by atoms with Crippen molar-refractivity contribution >= 4 is 5.97 Å². The van der Waals surface area contributed by atoms with Crippen LogP contribution in [0.3, 0.4) is 0 Å². The number of hydrogen-bond acceptors (Lipinski definition) is 4. The molecule has 2 saturated carbocycles. The average molecular weight is 281 g/mol. The average Bonchev–Trinajstić information content (AvgIpc) is 3.04. The monoisotopic (exact) mass is 281 g/mol. The molecule has 2 aliphatic carbocycles. The number of hydroxylamine groups is 1. The third kappa shape index (κ3) is 4.06. The lowest BCUT2D eigenvalue weighted by Crippen LogP contribution is -2.33. The van der Waals surface area contributed by atoms with Gasteiger partial charge in [0.15, 0.2) is 0 Å². The smallest absolute Gasteiger partial charge is 0.333 e. The Labute approximate surface area is 121 Å². The lowest BCUT2D eigenvalue weighted by Gasteiger charge is -2.23. The second-order valence-corrected chi connectivity index (χ2v) is 6.31. The Morgan fingerprint density at radius 2 is 2.20 bits per heavy atom. The molecule has 4 unspecified atom stereocenters. The lowest BCUT2D eigenvalue weighted by atomic mass is 9.89. The van der Waals surface area contributed by atoms with Crippen LogP contribution in [0.25, 0.3) is 0 Å². The minimum atomic E-state index is -0.347. The molecule has 0 saturated heterocycles. The number of nitrogens with one attached hydrogen (secondary N) is 1. The molecule has 0 spiro atoms. The lowest BCUT2D eigenvalue weighted by molar-refractivity contribution is -0.146. The van der Waals surface area contributed by atoms with Gasteiger partial charge in [0.2, 0.25) is 0 Å². The first-order chi connectivity index (χ1) is 9.60. The normalized spacial score (nSPS) is 29.4. The fraction of sp³-hybridized carbons (Fsp3) is 0.812. The zero-order valence-corrected chi connectivity index (χ0v) is 12.7. The molecular weight excluding hydrogens is 254 g/mol. The fourth-order valence-corrected chi connectivity index (χ4v) is 3.43. The summed E-state index contributed by atoms with van der Waals surface area (Å²) in [6, 6.07) is 0. The van der Waals surface area contributed by atoms with Crippen LogP contribution in [0.15, 0.2) is 12.2 Å². The highest BCUT2D eigenvalue weighted by Gasteiger charge is 2.39. The number of fused-ring (bicyclic) bond motifs is 2. The quantitative estimate of drug-likeness (QED) is 0.422. The van der Waals surface area contributed by atoms with Gasteiger partial charge in [-0.05, 0) is 50.4 Å². The molecule has 2 aliphatic rings. The molecule has 2 rings (SSSR count). The van der Waals surface area contributed by atoms with Crippen molar-refractivity contribution in [2.24, 2.45) is 17.8 Å². The highest BCUT2D eigenvalue weighted by atomic mass is 16.7. The third-order valence-electron chi connectivity index (χ3n) is 4.68. The van der Waals surface area contributed by atoms with E-state index in [0.717, 1.165) is 30.7 Å². The van der Waals surface area contributed by atoms with Gasteiger partial charge in [-0.2, -0.15) is 0 Å². The molecule has 0 heterocycles. The topological polar surface area (TPSA) is 47.6 Å². The number of esters is 1. The number of ether oxygens (including phenoxy) is 1. The van der Waals surface area contributed by atoms with E-state index in [1.165, 1.54) is 25.7 Å². The van der Waals surface area contributed by atoms with Gasteiger partial charge < -0.3 is 4.74 Å². The maximum atomic E-state index is 11.3. The van der Waals surface area contributed by atoms with E-state index >= 15 is 0 Å². The summed E-state index contributed by atoms with van der Waals surface area (Å²) in [5.74, 6) is 2.28. The molecule has 0 aromatic carbocycles. The zero-order valence-electron chi connectivity index (χ0n) is 12.7. The van der Waals surface area contributed by atoms with Crippen molar-refractivity contribution in [3.8, 4) is 0 Å². The van der Waals surface area contributed by atoms with E-state index < -0.39 is 0 Å². The molecule has 0 aromatic rings. The van der Waals surface area contributed by atoms with Gasteiger partial charge in [-0.3, -0.25) is 4.84 Å². The van der Waals surface area contributed by atoms with Crippen LogP contribution in [0.1, 0.15) is 46.0 Å². The number of hydrogen-bond donors (Lipinski definition) is 1. The van der Waals surface area contributed by atoms with Crippen molar-refractivity contribution in [2.75, 3.05) is 13.2 Å². The number of carbonyl (C=O) groups excluding carboxylic acids is 1. The summed E-state index contributed by atoms with van der Waals surface area (Å²) in [5.41, 5.74) is 3.53. The number of carbonyl (C=O) groups is 1. The Hall–Kier alpha value is -0.870. The molecular formula is C16H27NO3. The highest BCUT2D eigenvalue weighted by Crippen LogP contribution is 2.47. The maximum absolute atomic E-state index is 11.3. The van der Waals surface area contributed by atoms with Crippen LogP contribution in [0, 0.1) is 17.8 Å². The van der Waals surface area contributed by atoms with E-state index in [-0.39, 0.29) is 18.7 Å². The predicted molar refractivity (Wildman–Crippen MR) is 77.9 cm³/mol. The molecule has 0 aliphatic heterocycles. The summed E-state index contributed by atoms with van der Waals surface area (Å²) in [6.07, 6.45) is 6.31. The number of rotatable bonds is 8. The van der Waals surface area contributed by atoms with E-state index in [1.807, 2.05) is 6.92 Å². The van der Waals surface area contributed by atoms with Crippen molar-refractivity contribution in [1.29, 1.82) is 0 Å². The van der Waals surface area contributed by atoms with Gasteiger partial charge in [0.1, 0.15) is 12.7 Å². The molecule has 20 heavy (non-hydrogen) atoms. The van der Waals surface area contributed by atoms with Crippen LogP contribution in [-0.4, -0.2) is 25.2 Å². The minimum absolute atomic E-state index is 0.0862. The second kappa shape index (κ2) is 7.23. The zero-order chi connectivity index (χ0) is 14.5. The van der Waals surface area contributed by atoms with Crippen molar-refractivity contribution in [1.82, 2.24) is 5.48 Å². The Balaban J connectivity index is 1.61. The Bertz CT molecular complexity index is 356. The van der Waals surface area contributed by atoms with Gasteiger partial charge in [0.25, 0.3) is 0 Å². The predicted octanol–water partition coefficient (Wildman–Crippen LogP) is 2.84. The van der Waals surface area contributed by atoms with Gasteiger partial charge >= 0.3 is 5.97 Å². The molecule has 114 valence electrons. The molecule has 0 amide bonds. The standard InChI is InChI=1S/C16H27NO3/c1-4-15(10-19-16(18)11(2)3)20-17-9-14-8-12-5-6-13(14)7-12/h12-15,17H,2,4-10H2,1,3H3. The van der Waals surface area contributed by atoms with Crippen LogP contribution < -0.4 is 5.48 Å². The summed E-state index contributed by atoms with van der Waals surface area (Å²) in [6.45, 7) is 8.45. The molecule has 2 bridgehead atoms. The van der Waals surface area contributed by atoms with Crippen molar-refractivity contribution in [3.63, 3.8) is 0 Å². The molecule has 1 N–H and O–H groups in total. The molecule has 4 atom stereocenters. The van der Waals surface area contributed by atoms with E-state index in [9.17, 15) is 4.79 Å². The van der Waals surface area contributed by atoms with E-state index in [2.05, 4.69) is 12.1 Å². The highest BCUT2D eigenvalue weighted by molar-refractivity contribution is 5.86. The van der Waals surface area contributed by atoms with Gasteiger partial charge in [-0.25, -0.2) is 10.3 Å². The Morgan fingerprint density at radius 3 is 2.75 bits per heavy atom. The van der Waals surface area contributed by atoms with Crippen LogP contribution in [-0.2, 0) is 14.4 Å². The second-order valence-electron chi connectivity index (χ2n) is 6.31. The first-order valence-corrected chi connectivity index (χ1v) is 7.81. The van der Waals surface area contributed by atoms with Crippen molar-refractivity contribution in [2.45, 2.75) is 52.1 Å². The van der Waals surface area contributed by atoms with Crippen LogP contribution >= 0.6 is 0 Å². The summed E-state index contributed by atoms with van der Waals surface area (Å²) in [4.78, 5) is 17.0. The molecule has 0 radical (unpaired) electrons. The van der Waals surface area contributed by atoms with Crippen LogP contribution in [0.2, 0.25) is 0 Å². The van der Waals surface area contributed by atoms with E-state index in [1.54, 1.807) is 6.92 Å². The van der Waals surface area contributed by atoms with Crippen LogP contribution in [0.4, 0.5) is 0 Å². The van der Waals surface area contributed by atoms with Crippen LogP contribution in [0.5, 0.6) is 0 Å². The van der Waals surface area contributed by atoms with Gasteiger partial charge in [-0.15, -0.1) is 0 Å². The molecule has 4 nitrogen and oxygen atoms in total. The van der Waals surface area contributed by atoms with E-state index in [0.29, 0.717) is 5.57 Å². The summed E-state index contributed by atoms with van der Waals surface area (Å²) in [5, 5.41) is 0. The van der Waals surface area contributed by atoms with Gasteiger partial charge in [-0.1, -0.05) is 19.9 Å². The minimum Gasteiger partial charge on any atom is -0.460 e. The summed E-state index contributed by atoms with van der Waals surface area (Å²) < 4.78 is 5.12. The molecule has 4 heteroatoms. The summed E-state index contributed by atoms with van der Waals surface area (Å²) >= 11 is 0. The van der Waals surface area contributed by atoms with Crippen molar-refractivity contribution < 1.29 is 14.4 Å². The van der Waals surface area contributed by atoms with Crippen molar-refractivity contribution in [3.05, 3.63) is 12.2 Å². The first-order valence-electron chi connectivity index (χ1n) is 7.81. The third-order valence-corrected chi connectivity index (χ3v) is 4.68. The Kier molecular flexibility index (Phi) is 5.61. The SMILES string of the molecule is C=C(C)C(=O)OCC(CC)ONCC1CC2CCC1C2. The van der Waals surface area contributed by atoms with E-state index in [4.69, 9.17) is 9.57 Å². The fourth-order valence-electron chi connectivity index (χ4n) is 3.43. The van der Waals surface area contributed by atoms with Gasteiger partial charge in [0, 0.05) is 12.1 Å². The first kappa shape index (κ1) is 15.5.